The molecule has 0 aromatic heterocycles. The lowest BCUT2D eigenvalue weighted by atomic mass is 9.87. The van der Waals surface area contributed by atoms with Crippen molar-refractivity contribution in [2.24, 2.45) is 0 Å². The summed E-state index contributed by atoms with van der Waals surface area (Å²) in [6, 6.07) is 11.1. The Morgan fingerprint density at radius 3 is 1.76 bits per heavy atom. The number of anilines is 2. The topological polar surface area (TPSA) is 81.7 Å². The molecule has 1 fully saturated rings. The molecule has 0 saturated carbocycles. The highest BCUT2D eigenvalue weighted by Gasteiger charge is 2.40. The number of likely N-dealkylation sites (tertiary alicyclic amines) is 1. The number of hydrogen-bond donors (Lipinski definition) is 3. The Morgan fingerprint density at radius 1 is 0.848 bits per heavy atom. The Kier molecular flexibility index (Phi) is 6.74. The minimum Gasteiger partial charge on any atom is -0.380 e. The van der Waals surface area contributed by atoms with Gasteiger partial charge < -0.3 is 20.6 Å². The van der Waals surface area contributed by atoms with Crippen LogP contribution >= 0.6 is 0 Å². The van der Waals surface area contributed by atoms with Crippen LogP contribution in [0, 0.1) is 0 Å². The number of benzene rings is 2. The quantitative estimate of drug-likeness (QED) is 0.599. The Bertz CT molecular complexity index is 989. The van der Waals surface area contributed by atoms with Crippen LogP contribution < -0.4 is 10.6 Å². The standard InChI is InChI=1S/C24H28F3N3O3/c1-22(2,3)16-4-8-18(9-5-16)28-20(31)23(33)12-14-30(15-13-23)21(32)29-19-10-6-17(7-11-19)24(25,26)27/h4-11,33H,12-15H2,1-3H3,(H,28,31)(H,29,32). The van der Waals surface area contributed by atoms with Gasteiger partial charge in [-0.2, -0.15) is 13.2 Å². The molecule has 1 aliphatic rings. The molecule has 9 heteroatoms. The Labute approximate surface area is 190 Å². The highest BCUT2D eigenvalue weighted by atomic mass is 19.4. The minimum atomic E-state index is -4.45. The Hall–Kier alpha value is -3.07. The van der Waals surface area contributed by atoms with Gasteiger partial charge in [-0.15, -0.1) is 0 Å². The second-order valence-corrected chi connectivity index (χ2v) is 9.31. The second kappa shape index (κ2) is 9.05. The van der Waals surface area contributed by atoms with Gasteiger partial charge in [-0.1, -0.05) is 32.9 Å². The molecule has 0 atom stereocenters. The van der Waals surface area contributed by atoms with E-state index >= 15 is 0 Å². The molecule has 6 nitrogen and oxygen atoms in total. The van der Waals surface area contributed by atoms with Gasteiger partial charge in [0.1, 0.15) is 5.60 Å². The minimum absolute atomic E-state index is 0.0193. The first-order valence-electron chi connectivity index (χ1n) is 10.7. The van der Waals surface area contributed by atoms with E-state index in [0.717, 1.165) is 17.7 Å². The zero-order valence-corrected chi connectivity index (χ0v) is 18.8. The van der Waals surface area contributed by atoms with E-state index in [-0.39, 0.29) is 37.0 Å². The zero-order valence-electron chi connectivity index (χ0n) is 18.8. The molecule has 1 saturated heterocycles. The maximum absolute atomic E-state index is 12.7. The van der Waals surface area contributed by atoms with Crippen molar-refractivity contribution in [1.82, 2.24) is 4.90 Å². The Morgan fingerprint density at radius 2 is 1.30 bits per heavy atom. The van der Waals surface area contributed by atoms with Crippen LogP contribution in [0.15, 0.2) is 48.5 Å². The first-order valence-corrected chi connectivity index (χ1v) is 10.7. The van der Waals surface area contributed by atoms with E-state index in [1.165, 1.54) is 17.0 Å². The molecule has 0 unspecified atom stereocenters. The summed E-state index contributed by atoms with van der Waals surface area (Å²) in [6.07, 6.45) is -4.37. The van der Waals surface area contributed by atoms with Gasteiger partial charge in [-0.3, -0.25) is 4.79 Å². The van der Waals surface area contributed by atoms with Gasteiger partial charge in [0.15, 0.2) is 0 Å². The molecule has 0 bridgehead atoms. The van der Waals surface area contributed by atoms with Crippen LogP contribution in [0.25, 0.3) is 0 Å². The fourth-order valence-electron chi connectivity index (χ4n) is 3.55. The summed E-state index contributed by atoms with van der Waals surface area (Å²) in [5.74, 6) is -0.534. The van der Waals surface area contributed by atoms with Crippen molar-refractivity contribution in [3.05, 3.63) is 59.7 Å². The average Bonchev–Trinajstić information content (AvgIpc) is 2.73. The molecule has 3 N–H and O–H groups in total. The van der Waals surface area contributed by atoms with E-state index in [2.05, 4.69) is 31.4 Å². The third kappa shape index (κ3) is 6.04. The molecule has 33 heavy (non-hydrogen) atoms. The first-order chi connectivity index (χ1) is 15.3. The lowest BCUT2D eigenvalue weighted by Gasteiger charge is -2.37. The highest BCUT2D eigenvalue weighted by Crippen LogP contribution is 2.30. The van der Waals surface area contributed by atoms with E-state index in [1.54, 1.807) is 12.1 Å². The molecule has 2 aromatic rings. The summed E-state index contributed by atoms with van der Waals surface area (Å²) in [7, 11) is 0. The maximum atomic E-state index is 12.7. The third-order valence-corrected chi connectivity index (χ3v) is 5.77. The number of piperidine rings is 1. The first kappa shape index (κ1) is 24.6. The summed E-state index contributed by atoms with van der Waals surface area (Å²) in [6.45, 7) is 6.51. The van der Waals surface area contributed by atoms with Gasteiger partial charge in [0, 0.05) is 37.3 Å². The largest absolute Gasteiger partial charge is 0.416 e. The number of alkyl halides is 3. The summed E-state index contributed by atoms with van der Waals surface area (Å²) < 4.78 is 38.0. The molecular weight excluding hydrogens is 435 g/mol. The van der Waals surface area contributed by atoms with Crippen LogP contribution in [0.4, 0.5) is 29.3 Å². The number of halogens is 3. The summed E-state index contributed by atoms with van der Waals surface area (Å²) >= 11 is 0. The van der Waals surface area contributed by atoms with E-state index in [9.17, 15) is 27.9 Å². The molecule has 2 aromatic carbocycles. The lowest BCUT2D eigenvalue weighted by Crippen LogP contribution is -2.53. The predicted octanol–water partition coefficient (Wildman–Crippen LogP) is 5.00. The molecule has 3 rings (SSSR count). The second-order valence-electron chi connectivity index (χ2n) is 9.31. The summed E-state index contributed by atoms with van der Waals surface area (Å²) in [4.78, 5) is 26.5. The normalized spacial score (nSPS) is 16.3. The van der Waals surface area contributed by atoms with Crippen LogP contribution in [-0.4, -0.2) is 40.6 Å². The monoisotopic (exact) mass is 463 g/mol. The fraction of sp³-hybridized carbons (Fsp3) is 0.417. The van der Waals surface area contributed by atoms with E-state index in [4.69, 9.17) is 0 Å². The van der Waals surface area contributed by atoms with Crippen LogP contribution in [-0.2, 0) is 16.4 Å². The van der Waals surface area contributed by atoms with Gasteiger partial charge in [-0.05, 0) is 47.4 Å². The SMILES string of the molecule is CC(C)(C)c1ccc(NC(=O)C2(O)CCN(C(=O)Nc3ccc(C(F)(F)F)cc3)CC2)cc1. The van der Waals surface area contributed by atoms with Crippen molar-refractivity contribution in [1.29, 1.82) is 0 Å². The van der Waals surface area contributed by atoms with Gasteiger partial charge in [0.05, 0.1) is 5.56 Å². The molecule has 0 spiro atoms. The van der Waals surface area contributed by atoms with Crippen molar-refractivity contribution in [2.45, 2.75) is 50.8 Å². The number of rotatable bonds is 3. The van der Waals surface area contributed by atoms with E-state index in [0.29, 0.717) is 5.69 Å². The molecule has 3 amide bonds. The predicted molar refractivity (Wildman–Crippen MR) is 120 cm³/mol. The van der Waals surface area contributed by atoms with Crippen LogP contribution in [0.1, 0.15) is 44.7 Å². The fourth-order valence-corrected chi connectivity index (χ4v) is 3.55. The van der Waals surface area contributed by atoms with Crippen molar-refractivity contribution >= 4 is 23.3 Å². The lowest BCUT2D eigenvalue weighted by molar-refractivity contribution is -0.138. The number of carbonyl (C=O) groups is 2. The number of urea groups is 1. The van der Waals surface area contributed by atoms with E-state index in [1.807, 2.05) is 12.1 Å². The average molecular weight is 464 g/mol. The molecule has 1 aliphatic heterocycles. The van der Waals surface area contributed by atoms with Gasteiger partial charge in [0.2, 0.25) is 0 Å². The molecular formula is C24H28F3N3O3. The molecule has 0 aliphatic carbocycles. The van der Waals surface area contributed by atoms with Crippen LogP contribution in [0.5, 0.6) is 0 Å². The molecule has 1 heterocycles. The van der Waals surface area contributed by atoms with Crippen molar-refractivity contribution in [2.75, 3.05) is 23.7 Å². The number of hydrogen-bond acceptors (Lipinski definition) is 3. The van der Waals surface area contributed by atoms with Gasteiger partial charge in [0.25, 0.3) is 5.91 Å². The smallest absolute Gasteiger partial charge is 0.380 e. The maximum Gasteiger partial charge on any atom is 0.416 e. The van der Waals surface area contributed by atoms with Gasteiger partial charge in [-0.25, -0.2) is 4.79 Å². The number of aliphatic hydroxyl groups is 1. The third-order valence-electron chi connectivity index (χ3n) is 5.77. The van der Waals surface area contributed by atoms with Crippen molar-refractivity contribution in [3.8, 4) is 0 Å². The van der Waals surface area contributed by atoms with Crippen molar-refractivity contribution < 1.29 is 27.9 Å². The van der Waals surface area contributed by atoms with Crippen molar-refractivity contribution in [3.63, 3.8) is 0 Å². The van der Waals surface area contributed by atoms with Gasteiger partial charge >= 0.3 is 12.2 Å². The summed E-state index contributed by atoms with van der Waals surface area (Å²) in [5, 5.41) is 16.1. The zero-order chi connectivity index (χ0) is 24.4. The van der Waals surface area contributed by atoms with E-state index < -0.39 is 29.3 Å². The summed E-state index contributed by atoms with van der Waals surface area (Å²) in [5.41, 5.74) is -0.522. The van der Waals surface area contributed by atoms with Crippen LogP contribution in [0.2, 0.25) is 0 Å². The number of nitrogens with one attached hydrogen (secondary N) is 2. The number of carbonyl (C=O) groups excluding carboxylic acids is 2. The Balaban J connectivity index is 1.54. The molecule has 0 radical (unpaired) electrons. The number of amides is 3. The molecule has 178 valence electrons. The number of nitrogens with zero attached hydrogens (tertiary/aromatic N) is 1. The van der Waals surface area contributed by atoms with Crippen LogP contribution in [0.3, 0.4) is 0 Å². The highest BCUT2D eigenvalue weighted by molar-refractivity contribution is 5.97.